The van der Waals surface area contributed by atoms with E-state index in [-0.39, 0.29) is 5.41 Å². The summed E-state index contributed by atoms with van der Waals surface area (Å²) in [5.41, 5.74) is 3.76. The third-order valence-electron chi connectivity index (χ3n) is 5.72. The first-order valence-corrected chi connectivity index (χ1v) is 11.4. The molecule has 2 aromatic rings. The highest BCUT2D eigenvalue weighted by Crippen LogP contribution is 2.41. The Balaban J connectivity index is 1.89. The lowest BCUT2D eigenvalue weighted by Gasteiger charge is -2.32. The van der Waals surface area contributed by atoms with Gasteiger partial charge in [0, 0.05) is 18.2 Å². The van der Waals surface area contributed by atoms with Gasteiger partial charge >= 0.3 is 5.79 Å². The maximum absolute atomic E-state index is 12.9. The van der Waals surface area contributed by atoms with Gasteiger partial charge in [0.25, 0.3) is 5.91 Å². The van der Waals surface area contributed by atoms with Gasteiger partial charge in [-0.3, -0.25) is 4.79 Å². The fourth-order valence-electron chi connectivity index (χ4n) is 3.79. The summed E-state index contributed by atoms with van der Waals surface area (Å²) in [6, 6.07) is 15.8. The van der Waals surface area contributed by atoms with Crippen LogP contribution in [0.4, 0.5) is 0 Å². The molecule has 2 aromatic carbocycles. The zero-order valence-corrected chi connectivity index (χ0v) is 19.2. The number of hydrogen-bond donors (Lipinski definition) is 2. The molecule has 3 rings (SSSR count). The highest BCUT2D eigenvalue weighted by atomic mass is 16.6. The number of unbranched alkanes of at least 4 members (excludes halogenated alkanes) is 4. The van der Waals surface area contributed by atoms with E-state index in [4.69, 9.17) is 4.74 Å². The van der Waals surface area contributed by atoms with Crippen molar-refractivity contribution in [3.63, 3.8) is 0 Å². The van der Waals surface area contributed by atoms with E-state index < -0.39 is 11.7 Å². The molecule has 0 radical (unpaired) electrons. The number of carbonyl (C=O) groups is 1. The van der Waals surface area contributed by atoms with Gasteiger partial charge in [0.05, 0.1) is 0 Å². The minimum atomic E-state index is -2.04. The summed E-state index contributed by atoms with van der Waals surface area (Å²) in [7, 11) is 0. The summed E-state index contributed by atoms with van der Waals surface area (Å²) in [6.45, 7) is 9.19. The molecule has 1 unspecified atom stereocenters. The Morgan fingerprint density at radius 3 is 2.42 bits per heavy atom. The SMILES string of the molecule is CCCCCCCNC(=O)C1(O)C=C(c2ccccc2)c2cc(C(C)(C)C)ccc2O1. The van der Waals surface area contributed by atoms with Gasteiger partial charge in [0.15, 0.2) is 0 Å². The Bertz CT molecular complexity index is 927. The van der Waals surface area contributed by atoms with Crippen LogP contribution in [0.3, 0.4) is 0 Å². The van der Waals surface area contributed by atoms with Gasteiger partial charge in [-0.15, -0.1) is 0 Å². The van der Waals surface area contributed by atoms with Crippen molar-refractivity contribution in [3.05, 3.63) is 71.3 Å². The molecule has 0 fully saturated rings. The standard InChI is InChI=1S/C27H35NO3/c1-5-6-7-8-12-17-28-25(29)27(30)19-23(20-13-10-9-11-14-20)22-18-21(26(2,3)4)15-16-24(22)31-27/h9-11,13-16,18-19,30H,5-8,12,17H2,1-4H3,(H,28,29). The molecule has 31 heavy (non-hydrogen) atoms. The molecule has 1 amide bonds. The number of benzene rings is 2. The zero-order chi connectivity index (χ0) is 22.5. The zero-order valence-electron chi connectivity index (χ0n) is 19.2. The average molecular weight is 422 g/mol. The molecule has 0 aromatic heterocycles. The molecule has 0 bridgehead atoms. The summed E-state index contributed by atoms with van der Waals surface area (Å²) < 4.78 is 5.86. The Morgan fingerprint density at radius 1 is 1.03 bits per heavy atom. The number of fused-ring (bicyclic) bond motifs is 1. The number of rotatable bonds is 8. The van der Waals surface area contributed by atoms with Crippen LogP contribution in [0.25, 0.3) is 5.57 Å². The second-order valence-electron chi connectivity index (χ2n) is 9.35. The Kier molecular flexibility index (Phi) is 7.22. The van der Waals surface area contributed by atoms with E-state index in [2.05, 4.69) is 39.1 Å². The number of amides is 1. The third-order valence-corrected chi connectivity index (χ3v) is 5.72. The fraction of sp³-hybridized carbons (Fsp3) is 0.444. The van der Waals surface area contributed by atoms with E-state index in [1.807, 2.05) is 42.5 Å². The molecule has 0 aliphatic carbocycles. The first-order chi connectivity index (χ1) is 14.7. The lowest BCUT2D eigenvalue weighted by atomic mass is 9.83. The number of nitrogens with one attached hydrogen (secondary N) is 1. The summed E-state index contributed by atoms with van der Waals surface area (Å²) in [4.78, 5) is 12.9. The molecule has 0 spiro atoms. The quantitative estimate of drug-likeness (QED) is 0.547. The predicted octanol–water partition coefficient (Wildman–Crippen LogP) is 5.58. The maximum atomic E-state index is 12.9. The Labute approximate surface area is 186 Å². The van der Waals surface area contributed by atoms with E-state index >= 15 is 0 Å². The summed E-state index contributed by atoms with van der Waals surface area (Å²) >= 11 is 0. The van der Waals surface area contributed by atoms with E-state index in [1.54, 1.807) is 6.08 Å². The summed E-state index contributed by atoms with van der Waals surface area (Å²) in [5, 5.41) is 14.0. The fourth-order valence-corrected chi connectivity index (χ4v) is 3.79. The topological polar surface area (TPSA) is 58.6 Å². The molecule has 1 atom stereocenters. The van der Waals surface area contributed by atoms with Crippen molar-refractivity contribution in [1.82, 2.24) is 5.32 Å². The molecule has 4 nitrogen and oxygen atoms in total. The monoisotopic (exact) mass is 421 g/mol. The van der Waals surface area contributed by atoms with E-state index in [0.717, 1.165) is 36.0 Å². The number of aliphatic hydroxyl groups is 1. The maximum Gasteiger partial charge on any atom is 0.309 e. The molecule has 1 aliphatic heterocycles. The molecule has 0 saturated heterocycles. The lowest BCUT2D eigenvalue weighted by Crippen LogP contribution is -2.51. The van der Waals surface area contributed by atoms with Gasteiger partial charge in [-0.1, -0.05) is 89.8 Å². The molecular formula is C27H35NO3. The van der Waals surface area contributed by atoms with Crippen LogP contribution < -0.4 is 10.1 Å². The van der Waals surface area contributed by atoms with Gasteiger partial charge in [-0.2, -0.15) is 0 Å². The van der Waals surface area contributed by atoms with Crippen LogP contribution in [0.15, 0.2) is 54.6 Å². The van der Waals surface area contributed by atoms with Crippen molar-refractivity contribution in [2.45, 2.75) is 71.0 Å². The van der Waals surface area contributed by atoms with Gasteiger partial charge in [-0.25, -0.2) is 0 Å². The minimum Gasteiger partial charge on any atom is -0.449 e. The highest BCUT2D eigenvalue weighted by Gasteiger charge is 2.41. The normalized spacial score (nSPS) is 18.0. The van der Waals surface area contributed by atoms with Crippen molar-refractivity contribution in [1.29, 1.82) is 0 Å². The van der Waals surface area contributed by atoms with Crippen LogP contribution in [0.2, 0.25) is 0 Å². The van der Waals surface area contributed by atoms with Crippen molar-refractivity contribution in [2.24, 2.45) is 0 Å². The molecule has 0 saturated carbocycles. The number of ether oxygens (including phenoxy) is 1. The number of hydrogen-bond acceptors (Lipinski definition) is 3. The first-order valence-electron chi connectivity index (χ1n) is 11.4. The third kappa shape index (κ3) is 5.56. The predicted molar refractivity (Wildman–Crippen MR) is 126 cm³/mol. The summed E-state index contributed by atoms with van der Waals surface area (Å²) in [5.74, 6) is -2.05. The van der Waals surface area contributed by atoms with Crippen molar-refractivity contribution < 1.29 is 14.6 Å². The molecule has 1 heterocycles. The summed E-state index contributed by atoms with van der Waals surface area (Å²) in [6.07, 6.45) is 7.05. The van der Waals surface area contributed by atoms with Crippen molar-refractivity contribution in [3.8, 4) is 5.75 Å². The van der Waals surface area contributed by atoms with E-state index in [1.165, 1.54) is 18.4 Å². The van der Waals surface area contributed by atoms with Crippen LogP contribution in [-0.4, -0.2) is 23.3 Å². The molecule has 4 heteroatoms. The minimum absolute atomic E-state index is 0.0280. The average Bonchev–Trinajstić information content (AvgIpc) is 2.75. The van der Waals surface area contributed by atoms with Crippen LogP contribution in [0.1, 0.15) is 76.5 Å². The molecular weight excluding hydrogens is 386 g/mol. The Hall–Kier alpha value is -2.59. The number of carbonyl (C=O) groups excluding carboxylic acids is 1. The van der Waals surface area contributed by atoms with Gasteiger partial charge < -0.3 is 15.2 Å². The van der Waals surface area contributed by atoms with E-state index in [9.17, 15) is 9.90 Å². The van der Waals surface area contributed by atoms with Gasteiger partial charge in [-0.05, 0) is 40.7 Å². The molecule has 2 N–H and O–H groups in total. The lowest BCUT2D eigenvalue weighted by molar-refractivity contribution is -0.161. The second kappa shape index (κ2) is 9.69. The smallest absolute Gasteiger partial charge is 0.309 e. The van der Waals surface area contributed by atoms with Crippen molar-refractivity contribution >= 4 is 11.5 Å². The van der Waals surface area contributed by atoms with Crippen LogP contribution in [-0.2, 0) is 10.2 Å². The van der Waals surface area contributed by atoms with Gasteiger partial charge in [0.2, 0.25) is 0 Å². The van der Waals surface area contributed by atoms with Crippen LogP contribution in [0, 0.1) is 0 Å². The van der Waals surface area contributed by atoms with E-state index in [0.29, 0.717) is 12.3 Å². The Morgan fingerprint density at radius 2 is 1.74 bits per heavy atom. The molecule has 1 aliphatic rings. The highest BCUT2D eigenvalue weighted by molar-refractivity contribution is 5.93. The van der Waals surface area contributed by atoms with Crippen LogP contribution in [0.5, 0.6) is 5.75 Å². The largest absolute Gasteiger partial charge is 0.449 e. The second-order valence-corrected chi connectivity index (χ2v) is 9.35. The van der Waals surface area contributed by atoms with Gasteiger partial charge in [0.1, 0.15) is 5.75 Å². The van der Waals surface area contributed by atoms with Crippen molar-refractivity contribution in [2.75, 3.05) is 6.54 Å². The first kappa shape index (κ1) is 23.1. The van der Waals surface area contributed by atoms with Crippen LogP contribution >= 0.6 is 0 Å². The molecule has 166 valence electrons.